The molecule has 0 saturated heterocycles. The molecular formula is C13H11Br2ClFNOS. The molecule has 1 aromatic carbocycles. The van der Waals surface area contributed by atoms with Gasteiger partial charge in [-0.3, -0.25) is 0 Å². The summed E-state index contributed by atoms with van der Waals surface area (Å²) in [6.07, 6.45) is -0.915. The van der Waals surface area contributed by atoms with E-state index in [1.807, 2.05) is 0 Å². The predicted molar refractivity (Wildman–Crippen MR) is 87.9 cm³/mol. The van der Waals surface area contributed by atoms with E-state index in [4.69, 9.17) is 17.3 Å². The zero-order chi connectivity index (χ0) is 14.9. The maximum atomic E-state index is 14.0. The second kappa shape index (κ2) is 6.85. The van der Waals surface area contributed by atoms with E-state index in [0.29, 0.717) is 4.88 Å². The molecule has 0 saturated carbocycles. The van der Waals surface area contributed by atoms with Crippen LogP contribution in [0.2, 0.25) is 5.02 Å². The molecule has 2 unspecified atom stereocenters. The van der Waals surface area contributed by atoms with Crippen LogP contribution in [0.1, 0.15) is 22.5 Å². The molecule has 1 aromatic heterocycles. The second-order valence-corrected chi connectivity index (χ2v) is 7.86. The highest BCUT2D eigenvalue weighted by Crippen LogP contribution is 2.42. The molecule has 0 amide bonds. The van der Waals surface area contributed by atoms with Crippen LogP contribution in [0.4, 0.5) is 4.39 Å². The summed E-state index contributed by atoms with van der Waals surface area (Å²) in [5.41, 5.74) is 5.98. The minimum Gasteiger partial charge on any atom is -0.387 e. The molecule has 0 fully saturated rings. The Hall–Kier alpha value is 0.0200. The average Bonchev–Trinajstić information content (AvgIpc) is 2.73. The molecular weight excluding hydrogens is 432 g/mol. The van der Waals surface area contributed by atoms with E-state index in [-0.39, 0.29) is 17.1 Å². The molecule has 108 valence electrons. The highest BCUT2D eigenvalue weighted by atomic mass is 79.9. The predicted octanol–water partition coefficient (Wildman–Crippen LogP) is 4.84. The maximum absolute atomic E-state index is 14.0. The number of halogens is 4. The van der Waals surface area contributed by atoms with Gasteiger partial charge in [0.15, 0.2) is 0 Å². The SMILES string of the molecule is NCC(c1c(F)cccc1Cl)C(O)c1cc(Br)c(Br)s1. The third kappa shape index (κ3) is 3.26. The van der Waals surface area contributed by atoms with Crippen LogP contribution in [0.15, 0.2) is 32.5 Å². The largest absolute Gasteiger partial charge is 0.387 e. The van der Waals surface area contributed by atoms with Crippen LogP contribution in [0.5, 0.6) is 0 Å². The van der Waals surface area contributed by atoms with E-state index in [1.54, 1.807) is 12.1 Å². The summed E-state index contributed by atoms with van der Waals surface area (Å²) in [4.78, 5) is 0.693. The summed E-state index contributed by atoms with van der Waals surface area (Å²) in [5.74, 6) is -1.05. The van der Waals surface area contributed by atoms with Gasteiger partial charge in [0.25, 0.3) is 0 Å². The van der Waals surface area contributed by atoms with Gasteiger partial charge in [-0.25, -0.2) is 4.39 Å². The topological polar surface area (TPSA) is 46.2 Å². The zero-order valence-corrected chi connectivity index (χ0v) is 14.9. The van der Waals surface area contributed by atoms with Crippen LogP contribution in [0, 0.1) is 5.82 Å². The van der Waals surface area contributed by atoms with Gasteiger partial charge < -0.3 is 10.8 Å². The Morgan fingerprint density at radius 2 is 2.10 bits per heavy atom. The van der Waals surface area contributed by atoms with Crippen molar-refractivity contribution >= 4 is 54.8 Å². The Balaban J connectivity index is 2.42. The fraction of sp³-hybridized carbons (Fsp3) is 0.231. The highest BCUT2D eigenvalue weighted by Gasteiger charge is 2.28. The highest BCUT2D eigenvalue weighted by molar-refractivity contribution is 9.13. The Morgan fingerprint density at radius 3 is 2.60 bits per heavy atom. The van der Waals surface area contributed by atoms with Crippen molar-refractivity contribution in [3.05, 3.63) is 53.8 Å². The van der Waals surface area contributed by atoms with Crippen LogP contribution in [-0.4, -0.2) is 11.7 Å². The molecule has 0 spiro atoms. The summed E-state index contributed by atoms with van der Waals surface area (Å²) in [5, 5.41) is 10.8. The Bertz CT molecular complexity index is 583. The molecule has 2 nitrogen and oxygen atoms in total. The van der Waals surface area contributed by atoms with E-state index >= 15 is 0 Å². The van der Waals surface area contributed by atoms with E-state index in [2.05, 4.69) is 31.9 Å². The van der Waals surface area contributed by atoms with Crippen molar-refractivity contribution in [3.8, 4) is 0 Å². The molecule has 0 aliphatic carbocycles. The summed E-state index contributed by atoms with van der Waals surface area (Å²) in [7, 11) is 0. The van der Waals surface area contributed by atoms with Crippen molar-refractivity contribution in [3.63, 3.8) is 0 Å². The average molecular weight is 444 g/mol. The number of rotatable bonds is 4. The van der Waals surface area contributed by atoms with Gasteiger partial charge in [0.1, 0.15) is 5.82 Å². The fourth-order valence-electron chi connectivity index (χ4n) is 1.98. The Kier molecular flexibility index (Phi) is 5.62. The van der Waals surface area contributed by atoms with Gasteiger partial charge in [0.05, 0.1) is 9.89 Å². The van der Waals surface area contributed by atoms with Crippen LogP contribution < -0.4 is 5.73 Å². The smallest absolute Gasteiger partial charge is 0.128 e. The van der Waals surface area contributed by atoms with Gasteiger partial charge in [-0.05, 0) is 50.1 Å². The molecule has 0 aliphatic rings. The standard InChI is InChI=1S/C13H11Br2ClFNOS/c14-7-4-10(20-13(7)15)12(19)6(5-18)11-8(16)2-1-3-9(11)17/h1-4,6,12,19H,5,18H2. The van der Waals surface area contributed by atoms with Gasteiger partial charge in [0, 0.05) is 32.4 Å². The van der Waals surface area contributed by atoms with Crippen molar-refractivity contribution in [2.45, 2.75) is 12.0 Å². The summed E-state index contributed by atoms with van der Waals surface area (Å²) < 4.78 is 15.7. The molecule has 2 rings (SSSR count). The molecule has 1 heterocycles. The number of hydrogen-bond acceptors (Lipinski definition) is 3. The van der Waals surface area contributed by atoms with Crippen LogP contribution in [-0.2, 0) is 0 Å². The third-order valence-electron chi connectivity index (χ3n) is 2.96. The van der Waals surface area contributed by atoms with Gasteiger partial charge >= 0.3 is 0 Å². The quantitative estimate of drug-likeness (QED) is 0.710. The summed E-state index contributed by atoms with van der Waals surface area (Å²) in [6.45, 7) is 0.0922. The first-order valence-electron chi connectivity index (χ1n) is 5.72. The fourth-order valence-corrected chi connectivity index (χ4v) is 4.42. The molecule has 7 heteroatoms. The third-order valence-corrected chi connectivity index (χ3v) is 6.62. The second-order valence-electron chi connectivity index (χ2n) is 4.19. The van der Waals surface area contributed by atoms with E-state index in [0.717, 1.165) is 8.26 Å². The lowest BCUT2D eigenvalue weighted by atomic mass is 9.92. The van der Waals surface area contributed by atoms with Crippen LogP contribution >= 0.6 is 54.8 Å². The monoisotopic (exact) mass is 441 g/mol. The van der Waals surface area contributed by atoms with Crippen LogP contribution in [0.25, 0.3) is 0 Å². The first-order valence-corrected chi connectivity index (χ1v) is 8.50. The minimum atomic E-state index is -0.915. The van der Waals surface area contributed by atoms with Gasteiger partial charge in [-0.15, -0.1) is 11.3 Å². The van der Waals surface area contributed by atoms with Crippen molar-refractivity contribution in [1.82, 2.24) is 0 Å². The molecule has 3 N–H and O–H groups in total. The number of thiophene rings is 1. The van der Waals surface area contributed by atoms with Gasteiger partial charge in [-0.1, -0.05) is 17.7 Å². The Morgan fingerprint density at radius 1 is 1.40 bits per heavy atom. The zero-order valence-electron chi connectivity index (χ0n) is 10.1. The molecule has 0 aliphatic heterocycles. The molecule has 20 heavy (non-hydrogen) atoms. The molecule has 2 aromatic rings. The molecule has 0 bridgehead atoms. The Labute approximate surface area is 142 Å². The number of aliphatic hydroxyl groups excluding tert-OH is 1. The van der Waals surface area contributed by atoms with Crippen molar-refractivity contribution in [2.24, 2.45) is 5.73 Å². The normalized spacial score (nSPS) is 14.3. The maximum Gasteiger partial charge on any atom is 0.128 e. The number of nitrogens with two attached hydrogens (primary N) is 1. The van der Waals surface area contributed by atoms with Gasteiger partial charge in [0.2, 0.25) is 0 Å². The summed E-state index contributed by atoms with van der Waals surface area (Å²) >= 11 is 14.2. The molecule has 2 atom stereocenters. The van der Waals surface area contributed by atoms with E-state index in [1.165, 1.54) is 23.5 Å². The van der Waals surface area contributed by atoms with Crippen molar-refractivity contribution in [2.75, 3.05) is 6.54 Å². The first-order chi connectivity index (χ1) is 9.45. The lowest BCUT2D eigenvalue weighted by Gasteiger charge is -2.22. The lowest BCUT2D eigenvalue weighted by Crippen LogP contribution is -2.21. The van der Waals surface area contributed by atoms with E-state index in [9.17, 15) is 9.50 Å². The number of benzene rings is 1. The number of aliphatic hydroxyl groups is 1. The lowest BCUT2D eigenvalue weighted by molar-refractivity contribution is 0.149. The minimum absolute atomic E-state index is 0.0922. The van der Waals surface area contributed by atoms with Crippen molar-refractivity contribution < 1.29 is 9.50 Å². The van der Waals surface area contributed by atoms with Crippen molar-refractivity contribution in [1.29, 1.82) is 0 Å². The first kappa shape index (κ1) is 16.4. The summed E-state index contributed by atoms with van der Waals surface area (Å²) in [6, 6.07) is 6.22. The van der Waals surface area contributed by atoms with Crippen LogP contribution in [0.3, 0.4) is 0 Å². The molecule has 0 radical (unpaired) electrons. The number of hydrogen-bond donors (Lipinski definition) is 2. The van der Waals surface area contributed by atoms with Gasteiger partial charge in [-0.2, -0.15) is 0 Å². The van der Waals surface area contributed by atoms with E-state index < -0.39 is 17.8 Å².